The average Bonchev–Trinajstić information content (AvgIpc) is 3.43. The van der Waals surface area contributed by atoms with Crippen LogP contribution in [0.1, 0.15) is 58.3 Å². The number of carbonyl (C=O) groups is 2. The molecule has 2 rings (SSSR count). The monoisotopic (exact) mass is 390 g/mol. The standard InChI is InChI=1S/C23H34O5/c1-23(27,15-13-17-11-12-17)14-7-9-19-18(20(24)16-21(19)25)8-5-3-4-6-10-22(26)28-2/h3-4,7,9,13,15,17-19,21,25,27H,5-6,8,10-12,14,16H2,1-2H3/b4-3-,9-7+,15-13+/t18-,19-,21-,23-/m1/s1. The van der Waals surface area contributed by atoms with Crippen LogP contribution in [-0.4, -0.2) is 40.8 Å². The number of rotatable bonds is 11. The van der Waals surface area contributed by atoms with Crippen LogP contribution < -0.4 is 0 Å². The molecule has 5 heteroatoms. The molecule has 0 heterocycles. The third kappa shape index (κ3) is 7.72. The molecule has 2 saturated carbocycles. The Morgan fingerprint density at radius 3 is 2.61 bits per heavy atom. The van der Waals surface area contributed by atoms with Crippen molar-refractivity contribution in [3.8, 4) is 0 Å². The normalized spacial score (nSPS) is 27.9. The van der Waals surface area contributed by atoms with E-state index in [1.54, 1.807) is 6.92 Å². The first-order valence-electron chi connectivity index (χ1n) is 10.3. The van der Waals surface area contributed by atoms with Crippen molar-refractivity contribution in [2.24, 2.45) is 17.8 Å². The summed E-state index contributed by atoms with van der Waals surface area (Å²) >= 11 is 0. The van der Waals surface area contributed by atoms with Gasteiger partial charge in [-0.25, -0.2) is 0 Å². The molecule has 5 nitrogen and oxygen atoms in total. The molecule has 0 aromatic heterocycles. The second-order valence-electron chi connectivity index (χ2n) is 8.27. The minimum Gasteiger partial charge on any atom is -0.469 e. The van der Waals surface area contributed by atoms with Gasteiger partial charge >= 0.3 is 5.97 Å². The summed E-state index contributed by atoms with van der Waals surface area (Å²) in [5.74, 6) is 0.106. The zero-order chi connectivity index (χ0) is 20.6. The summed E-state index contributed by atoms with van der Waals surface area (Å²) in [4.78, 5) is 23.3. The van der Waals surface area contributed by atoms with Gasteiger partial charge in [0.05, 0.1) is 18.8 Å². The molecule has 0 radical (unpaired) electrons. The Labute approximate surface area is 168 Å². The topological polar surface area (TPSA) is 83.8 Å². The van der Waals surface area contributed by atoms with Gasteiger partial charge in [0.15, 0.2) is 0 Å². The fourth-order valence-corrected chi connectivity index (χ4v) is 3.57. The van der Waals surface area contributed by atoms with Crippen LogP contribution >= 0.6 is 0 Å². The van der Waals surface area contributed by atoms with Crippen molar-refractivity contribution in [2.45, 2.75) is 70.0 Å². The number of esters is 1. The van der Waals surface area contributed by atoms with Crippen molar-refractivity contribution in [3.63, 3.8) is 0 Å². The maximum atomic E-state index is 12.2. The molecule has 0 spiro atoms. The number of methoxy groups -OCH3 is 1. The van der Waals surface area contributed by atoms with Crippen molar-refractivity contribution in [1.82, 2.24) is 0 Å². The summed E-state index contributed by atoms with van der Waals surface area (Å²) < 4.78 is 4.59. The molecule has 0 aliphatic heterocycles. The number of aliphatic hydroxyl groups excluding tert-OH is 1. The van der Waals surface area contributed by atoms with Gasteiger partial charge in [-0.2, -0.15) is 0 Å². The van der Waals surface area contributed by atoms with Gasteiger partial charge in [0.2, 0.25) is 0 Å². The Bertz CT molecular complexity index is 612. The molecule has 0 aromatic carbocycles. The molecule has 0 amide bonds. The maximum absolute atomic E-state index is 12.2. The van der Waals surface area contributed by atoms with E-state index < -0.39 is 11.7 Å². The van der Waals surface area contributed by atoms with Crippen molar-refractivity contribution in [1.29, 1.82) is 0 Å². The van der Waals surface area contributed by atoms with Gasteiger partial charge in [0.25, 0.3) is 0 Å². The van der Waals surface area contributed by atoms with Gasteiger partial charge in [0, 0.05) is 24.7 Å². The summed E-state index contributed by atoms with van der Waals surface area (Å²) in [6.45, 7) is 1.78. The summed E-state index contributed by atoms with van der Waals surface area (Å²) in [5, 5.41) is 20.7. The Morgan fingerprint density at radius 1 is 1.21 bits per heavy atom. The number of allylic oxidation sites excluding steroid dienone is 3. The minimum atomic E-state index is -0.898. The summed E-state index contributed by atoms with van der Waals surface area (Å²) in [6.07, 6.45) is 16.5. The number of Topliss-reactive ketones (excluding diaryl/α,β-unsaturated/α-hetero) is 1. The van der Waals surface area contributed by atoms with Gasteiger partial charge in [-0.15, -0.1) is 0 Å². The van der Waals surface area contributed by atoms with Crippen LogP contribution in [0.2, 0.25) is 0 Å². The van der Waals surface area contributed by atoms with E-state index in [0.29, 0.717) is 31.6 Å². The smallest absolute Gasteiger partial charge is 0.305 e. The SMILES string of the molecule is COC(=O)CC/C=C\CC[C@H]1C(=O)C[C@@H](O)[C@@H]1/C=C/C[C@@](C)(O)/C=C/C1CC1. The number of hydrogen-bond acceptors (Lipinski definition) is 5. The molecule has 2 fully saturated rings. The molecule has 28 heavy (non-hydrogen) atoms. The number of ketones is 1. The van der Waals surface area contributed by atoms with Gasteiger partial charge < -0.3 is 14.9 Å². The van der Waals surface area contributed by atoms with E-state index in [4.69, 9.17) is 0 Å². The molecule has 0 bridgehead atoms. The molecular formula is C23H34O5. The Morgan fingerprint density at radius 2 is 1.93 bits per heavy atom. The van der Waals surface area contributed by atoms with Crippen LogP contribution in [0.4, 0.5) is 0 Å². The molecule has 0 aromatic rings. The molecule has 4 atom stereocenters. The van der Waals surface area contributed by atoms with E-state index in [9.17, 15) is 19.8 Å². The Kier molecular flexibility index (Phi) is 8.64. The first-order valence-corrected chi connectivity index (χ1v) is 10.3. The number of aliphatic hydroxyl groups is 2. The van der Waals surface area contributed by atoms with E-state index in [1.165, 1.54) is 20.0 Å². The average molecular weight is 391 g/mol. The first-order chi connectivity index (χ1) is 13.3. The van der Waals surface area contributed by atoms with Gasteiger partial charge in [-0.3, -0.25) is 9.59 Å². The third-order valence-corrected chi connectivity index (χ3v) is 5.53. The highest BCUT2D eigenvalue weighted by Crippen LogP contribution is 2.34. The van der Waals surface area contributed by atoms with Gasteiger partial charge in [-0.1, -0.05) is 36.5 Å². The molecule has 2 aliphatic rings. The zero-order valence-electron chi connectivity index (χ0n) is 17.0. The lowest BCUT2D eigenvalue weighted by Crippen LogP contribution is -2.21. The van der Waals surface area contributed by atoms with Crippen LogP contribution in [0, 0.1) is 17.8 Å². The lowest BCUT2D eigenvalue weighted by molar-refractivity contribution is -0.140. The zero-order valence-corrected chi connectivity index (χ0v) is 17.0. The van der Waals surface area contributed by atoms with E-state index >= 15 is 0 Å². The minimum absolute atomic E-state index is 0.102. The van der Waals surface area contributed by atoms with Crippen molar-refractivity contribution in [2.75, 3.05) is 7.11 Å². The number of carbonyl (C=O) groups excluding carboxylic acids is 2. The largest absolute Gasteiger partial charge is 0.469 e. The van der Waals surface area contributed by atoms with Gasteiger partial charge in [-0.05, 0) is 51.4 Å². The predicted octanol–water partition coefficient (Wildman–Crippen LogP) is 3.51. The lowest BCUT2D eigenvalue weighted by atomic mass is 9.88. The van der Waals surface area contributed by atoms with Crippen LogP contribution in [0.3, 0.4) is 0 Å². The molecule has 2 N–H and O–H groups in total. The molecule has 2 aliphatic carbocycles. The molecular weight excluding hydrogens is 356 g/mol. The second kappa shape index (κ2) is 10.7. The summed E-state index contributed by atoms with van der Waals surface area (Å²) in [6, 6.07) is 0. The Hall–Kier alpha value is -1.72. The summed E-state index contributed by atoms with van der Waals surface area (Å²) in [7, 11) is 1.37. The van der Waals surface area contributed by atoms with E-state index in [2.05, 4.69) is 10.8 Å². The van der Waals surface area contributed by atoms with Crippen LogP contribution in [-0.2, 0) is 14.3 Å². The summed E-state index contributed by atoms with van der Waals surface area (Å²) in [5.41, 5.74) is -0.898. The molecule has 0 unspecified atom stereocenters. The van der Waals surface area contributed by atoms with Crippen molar-refractivity contribution in [3.05, 3.63) is 36.5 Å². The highest BCUT2D eigenvalue weighted by atomic mass is 16.5. The molecule has 156 valence electrons. The van der Waals surface area contributed by atoms with Crippen molar-refractivity contribution < 1.29 is 24.5 Å². The number of hydrogen-bond donors (Lipinski definition) is 2. The highest BCUT2D eigenvalue weighted by Gasteiger charge is 2.39. The van der Waals surface area contributed by atoms with Gasteiger partial charge in [0.1, 0.15) is 5.78 Å². The second-order valence-corrected chi connectivity index (χ2v) is 8.27. The fourth-order valence-electron chi connectivity index (χ4n) is 3.57. The van der Waals surface area contributed by atoms with Crippen molar-refractivity contribution >= 4 is 11.8 Å². The fraction of sp³-hybridized carbons (Fsp3) is 0.652. The molecule has 0 saturated heterocycles. The predicted molar refractivity (Wildman–Crippen MR) is 108 cm³/mol. The van der Waals surface area contributed by atoms with Crippen LogP contribution in [0.5, 0.6) is 0 Å². The van der Waals surface area contributed by atoms with E-state index in [1.807, 2.05) is 30.4 Å². The lowest BCUT2D eigenvalue weighted by Gasteiger charge is -2.19. The van der Waals surface area contributed by atoms with Crippen LogP contribution in [0.25, 0.3) is 0 Å². The highest BCUT2D eigenvalue weighted by molar-refractivity contribution is 5.84. The Balaban J connectivity index is 1.80. The van der Waals surface area contributed by atoms with Crippen LogP contribution in [0.15, 0.2) is 36.5 Å². The first kappa shape index (κ1) is 22.6. The third-order valence-electron chi connectivity index (χ3n) is 5.53. The van der Waals surface area contributed by atoms with E-state index in [-0.39, 0.29) is 30.0 Å². The van der Waals surface area contributed by atoms with E-state index in [0.717, 1.165) is 6.42 Å². The number of ether oxygens (including phenoxy) is 1. The maximum Gasteiger partial charge on any atom is 0.305 e. The quantitative estimate of drug-likeness (QED) is 0.417.